The van der Waals surface area contributed by atoms with Crippen LogP contribution in [0, 0.1) is 28.9 Å². The smallest absolute Gasteiger partial charge is 0.221 e. The Hall–Kier alpha value is -2.47. The third-order valence-electron chi connectivity index (χ3n) is 6.96. The van der Waals surface area contributed by atoms with Gasteiger partial charge in [-0.05, 0) is 72.9 Å². The van der Waals surface area contributed by atoms with Gasteiger partial charge in [0.25, 0.3) is 0 Å². The average Bonchev–Trinajstić information content (AvgIpc) is 3.28. The van der Waals surface area contributed by atoms with Crippen molar-refractivity contribution < 1.29 is 13.6 Å². The SMILES string of the molecule is CC(=O)Nc1ccc(-c2ccc(N[C@@H]3C[C@@H]4CN(CCC(C)(C)C)C[C@@H]4C3)c(F)c2F)cc1. The fourth-order valence-corrected chi connectivity index (χ4v) is 5.23. The van der Waals surface area contributed by atoms with Crippen molar-refractivity contribution in [2.24, 2.45) is 17.3 Å². The molecule has 0 bridgehead atoms. The molecule has 178 valence electrons. The standard InChI is InChI=1S/C27H35F2N3O/c1-17(33)30-21-7-5-18(6-8-21)23-9-10-24(26(29)25(23)28)31-22-13-19-15-32(16-20(19)14-22)12-11-27(2,3)4/h5-10,19-20,22,31H,11-16H2,1-4H3,(H,30,33)/t19-,20+,22-. The number of rotatable bonds is 6. The van der Waals surface area contributed by atoms with Gasteiger partial charge in [0.15, 0.2) is 11.6 Å². The summed E-state index contributed by atoms with van der Waals surface area (Å²) < 4.78 is 29.8. The normalized spacial score (nSPS) is 22.9. The number of amides is 1. The summed E-state index contributed by atoms with van der Waals surface area (Å²) in [7, 11) is 0. The van der Waals surface area contributed by atoms with Gasteiger partial charge in [-0.3, -0.25) is 4.79 Å². The van der Waals surface area contributed by atoms with Gasteiger partial charge in [-0.1, -0.05) is 32.9 Å². The van der Waals surface area contributed by atoms with Crippen molar-refractivity contribution in [1.29, 1.82) is 0 Å². The quantitative estimate of drug-likeness (QED) is 0.549. The molecule has 1 aliphatic heterocycles. The Morgan fingerprint density at radius 3 is 2.21 bits per heavy atom. The first-order chi connectivity index (χ1) is 15.6. The van der Waals surface area contributed by atoms with E-state index in [4.69, 9.17) is 0 Å². The fourth-order valence-electron chi connectivity index (χ4n) is 5.23. The molecular formula is C27H35F2N3O. The van der Waals surface area contributed by atoms with E-state index in [0.717, 1.165) is 32.5 Å². The number of halogens is 2. The van der Waals surface area contributed by atoms with Gasteiger partial charge in [0, 0.05) is 37.3 Å². The molecule has 2 aromatic carbocycles. The largest absolute Gasteiger partial charge is 0.380 e. The Labute approximate surface area is 195 Å². The molecular weight excluding hydrogens is 420 g/mol. The second-order valence-corrected chi connectivity index (χ2v) is 11.0. The fraction of sp³-hybridized carbons (Fsp3) is 0.519. The number of fused-ring (bicyclic) bond motifs is 1. The summed E-state index contributed by atoms with van der Waals surface area (Å²) in [5, 5.41) is 5.95. The molecule has 2 N–H and O–H groups in total. The van der Waals surface area contributed by atoms with Crippen molar-refractivity contribution in [2.45, 2.75) is 53.0 Å². The lowest BCUT2D eigenvalue weighted by molar-refractivity contribution is -0.114. The maximum absolute atomic E-state index is 14.9. The number of nitrogens with one attached hydrogen (secondary N) is 2. The van der Waals surface area contributed by atoms with Crippen LogP contribution in [0.2, 0.25) is 0 Å². The number of anilines is 2. The van der Waals surface area contributed by atoms with E-state index in [1.807, 2.05) is 0 Å². The van der Waals surface area contributed by atoms with E-state index in [9.17, 15) is 13.6 Å². The van der Waals surface area contributed by atoms with E-state index < -0.39 is 11.6 Å². The Morgan fingerprint density at radius 1 is 1.00 bits per heavy atom. The summed E-state index contributed by atoms with van der Waals surface area (Å²) in [5.74, 6) is -0.584. The van der Waals surface area contributed by atoms with Crippen LogP contribution in [0.1, 0.15) is 47.0 Å². The minimum absolute atomic E-state index is 0.177. The number of hydrogen-bond donors (Lipinski definition) is 2. The minimum Gasteiger partial charge on any atom is -0.380 e. The van der Waals surface area contributed by atoms with Crippen LogP contribution in [0.5, 0.6) is 0 Å². The topological polar surface area (TPSA) is 44.4 Å². The lowest BCUT2D eigenvalue weighted by atomic mass is 9.92. The molecule has 2 aliphatic rings. The molecule has 1 heterocycles. The van der Waals surface area contributed by atoms with Gasteiger partial charge >= 0.3 is 0 Å². The van der Waals surface area contributed by atoms with Crippen LogP contribution >= 0.6 is 0 Å². The number of benzene rings is 2. The van der Waals surface area contributed by atoms with E-state index >= 15 is 0 Å². The molecule has 1 aliphatic carbocycles. The molecule has 4 nitrogen and oxygen atoms in total. The minimum atomic E-state index is -0.848. The van der Waals surface area contributed by atoms with E-state index in [-0.39, 0.29) is 23.2 Å². The first kappa shape index (κ1) is 23.7. The molecule has 0 unspecified atom stereocenters. The maximum atomic E-state index is 14.9. The Kier molecular flexibility index (Phi) is 6.76. The highest BCUT2D eigenvalue weighted by molar-refractivity contribution is 5.89. The van der Waals surface area contributed by atoms with Crippen molar-refractivity contribution >= 4 is 17.3 Å². The van der Waals surface area contributed by atoms with Gasteiger partial charge < -0.3 is 15.5 Å². The van der Waals surface area contributed by atoms with Crippen molar-refractivity contribution in [3.05, 3.63) is 48.0 Å². The maximum Gasteiger partial charge on any atom is 0.221 e. The monoisotopic (exact) mass is 455 g/mol. The summed E-state index contributed by atoms with van der Waals surface area (Å²) in [6, 6.07) is 10.2. The van der Waals surface area contributed by atoms with E-state index in [1.54, 1.807) is 36.4 Å². The van der Waals surface area contributed by atoms with Crippen molar-refractivity contribution in [3.63, 3.8) is 0 Å². The first-order valence-electron chi connectivity index (χ1n) is 11.9. The lowest BCUT2D eigenvalue weighted by Gasteiger charge is -2.24. The number of nitrogens with zero attached hydrogens (tertiary/aromatic N) is 1. The highest BCUT2D eigenvalue weighted by Crippen LogP contribution is 2.40. The van der Waals surface area contributed by atoms with Crippen molar-refractivity contribution in [2.75, 3.05) is 30.3 Å². The molecule has 2 fully saturated rings. The molecule has 3 atom stereocenters. The average molecular weight is 456 g/mol. The van der Waals surface area contributed by atoms with Crippen LogP contribution in [0.15, 0.2) is 36.4 Å². The van der Waals surface area contributed by atoms with Crippen LogP contribution in [-0.4, -0.2) is 36.5 Å². The predicted molar refractivity (Wildman–Crippen MR) is 130 cm³/mol. The molecule has 0 radical (unpaired) electrons. The van der Waals surface area contributed by atoms with Gasteiger partial charge in [-0.2, -0.15) is 0 Å². The third-order valence-corrected chi connectivity index (χ3v) is 6.96. The lowest BCUT2D eigenvalue weighted by Crippen LogP contribution is -2.28. The second kappa shape index (κ2) is 9.41. The highest BCUT2D eigenvalue weighted by Gasteiger charge is 2.41. The van der Waals surface area contributed by atoms with Crippen molar-refractivity contribution in [3.8, 4) is 11.1 Å². The van der Waals surface area contributed by atoms with E-state index in [1.165, 1.54) is 13.3 Å². The van der Waals surface area contributed by atoms with Crippen molar-refractivity contribution in [1.82, 2.24) is 4.90 Å². The molecule has 0 spiro atoms. The molecule has 1 saturated carbocycles. The number of carbonyl (C=O) groups excluding carboxylic acids is 1. The summed E-state index contributed by atoms with van der Waals surface area (Å²) in [5.41, 5.74) is 1.99. The highest BCUT2D eigenvalue weighted by atomic mass is 19.2. The molecule has 6 heteroatoms. The second-order valence-electron chi connectivity index (χ2n) is 11.0. The molecule has 1 amide bonds. The molecule has 0 aromatic heterocycles. The van der Waals surface area contributed by atoms with Crippen LogP contribution in [-0.2, 0) is 4.79 Å². The van der Waals surface area contributed by atoms with Gasteiger partial charge in [0.05, 0.1) is 5.69 Å². The zero-order valence-electron chi connectivity index (χ0n) is 20.1. The molecule has 1 saturated heterocycles. The Balaban J connectivity index is 1.37. The summed E-state index contributed by atoms with van der Waals surface area (Å²) in [6.07, 6.45) is 3.20. The van der Waals surface area contributed by atoms with Crippen LogP contribution < -0.4 is 10.6 Å². The van der Waals surface area contributed by atoms with Crippen LogP contribution in [0.25, 0.3) is 11.1 Å². The Morgan fingerprint density at radius 2 is 1.64 bits per heavy atom. The van der Waals surface area contributed by atoms with E-state index in [0.29, 0.717) is 28.5 Å². The van der Waals surface area contributed by atoms with E-state index in [2.05, 4.69) is 36.3 Å². The van der Waals surface area contributed by atoms with Crippen LogP contribution in [0.3, 0.4) is 0 Å². The van der Waals surface area contributed by atoms with Gasteiger partial charge in [-0.15, -0.1) is 0 Å². The number of likely N-dealkylation sites (tertiary alicyclic amines) is 1. The van der Waals surface area contributed by atoms with Gasteiger partial charge in [0.2, 0.25) is 5.91 Å². The zero-order chi connectivity index (χ0) is 23.8. The van der Waals surface area contributed by atoms with Crippen LogP contribution in [0.4, 0.5) is 20.2 Å². The Bertz CT molecular complexity index is 986. The van der Waals surface area contributed by atoms with Gasteiger partial charge in [0.1, 0.15) is 0 Å². The molecule has 33 heavy (non-hydrogen) atoms. The molecule has 2 aromatic rings. The first-order valence-corrected chi connectivity index (χ1v) is 11.9. The summed E-state index contributed by atoms with van der Waals surface area (Å²) >= 11 is 0. The number of carbonyl (C=O) groups is 1. The molecule has 4 rings (SSSR count). The van der Waals surface area contributed by atoms with Gasteiger partial charge in [-0.25, -0.2) is 8.78 Å². The predicted octanol–water partition coefficient (Wildman–Crippen LogP) is 6.15. The summed E-state index contributed by atoms with van der Waals surface area (Å²) in [4.78, 5) is 13.7. The third kappa shape index (κ3) is 5.72. The summed E-state index contributed by atoms with van der Waals surface area (Å²) in [6.45, 7) is 11.6. The number of hydrogen-bond acceptors (Lipinski definition) is 3. The zero-order valence-corrected chi connectivity index (χ0v) is 20.1.